The lowest BCUT2D eigenvalue weighted by Crippen LogP contribution is -2.42. The van der Waals surface area contributed by atoms with E-state index in [4.69, 9.17) is 9.88 Å². The Kier molecular flexibility index (Phi) is 4.34. The molecule has 1 aromatic heterocycles. The number of carbonyl (C=O) groups excluding carboxylic acids is 1. The summed E-state index contributed by atoms with van der Waals surface area (Å²) in [6, 6.07) is 0.886. The van der Waals surface area contributed by atoms with Crippen molar-refractivity contribution in [3.05, 3.63) is 23.4 Å². The van der Waals surface area contributed by atoms with E-state index in [-0.39, 0.29) is 11.8 Å². The lowest BCUT2D eigenvalue weighted by molar-refractivity contribution is 0.231. The topological polar surface area (TPSA) is 128 Å². The van der Waals surface area contributed by atoms with Crippen LogP contribution in [0.5, 0.6) is 5.88 Å². The van der Waals surface area contributed by atoms with Crippen LogP contribution in [-0.2, 0) is 10.0 Å². The summed E-state index contributed by atoms with van der Waals surface area (Å²) in [5.41, 5.74) is 0.589. The largest absolute Gasteiger partial charge is 0.481 e. The molecule has 0 spiro atoms. The van der Waals surface area contributed by atoms with E-state index < -0.39 is 20.8 Å². The second-order valence-corrected chi connectivity index (χ2v) is 6.94. The molecule has 0 saturated carbocycles. The fourth-order valence-electron chi connectivity index (χ4n) is 1.56. The van der Waals surface area contributed by atoms with Gasteiger partial charge in [-0.2, -0.15) is 4.98 Å². The molecule has 0 bridgehead atoms. The van der Waals surface area contributed by atoms with E-state index in [1.165, 1.54) is 18.7 Å². The van der Waals surface area contributed by atoms with Crippen LogP contribution in [0.1, 0.15) is 5.69 Å². The average molecular weight is 331 g/mol. The van der Waals surface area contributed by atoms with Crippen LogP contribution in [0.4, 0.5) is 10.7 Å². The van der Waals surface area contributed by atoms with Crippen LogP contribution in [0.2, 0.25) is 0 Å². The maximum atomic E-state index is 12.1. The van der Waals surface area contributed by atoms with Crippen molar-refractivity contribution in [3.63, 3.8) is 0 Å². The van der Waals surface area contributed by atoms with E-state index in [9.17, 15) is 13.2 Å². The Labute approximate surface area is 125 Å². The van der Waals surface area contributed by atoms with E-state index >= 15 is 0 Å². The van der Waals surface area contributed by atoms with Crippen LogP contribution >= 0.6 is 11.8 Å². The van der Waals surface area contributed by atoms with Gasteiger partial charge in [-0.1, -0.05) is 11.8 Å². The standard InChI is InChI=1S/C10H13N5O4S2/c1-6-5-7(19-2)13-8(12-6)14-9(16)15-3-4-20-10(15)21(11,17)18/h3-5,10H,1-2H3,(H2,11,17,18)(H,12,13,14,16). The Morgan fingerprint density at radius 1 is 1.52 bits per heavy atom. The molecule has 3 N–H and O–H groups in total. The van der Waals surface area contributed by atoms with Crippen molar-refractivity contribution in [2.45, 2.75) is 11.6 Å². The monoisotopic (exact) mass is 331 g/mol. The zero-order chi connectivity index (χ0) is 15.6. The molecular weight excluding hydrogens is 318 g/mol. The van der Waals surface area contributed by atoms with Gasteiger partial charge in [-0.3, -0.25) is 10.2 Å². The summed E-state index contributed by atoms with van der Waals surface area (Å²) in [5.74, 6) is 0.294. The third-order valence-corrected chi connectivity index (χ3v) is 5.08. The summed E-state index contributed by atoms with van der Waals surface area (Å²) in [4.78, 5) is 21.0. The first-order valence-electron chi connectivity index (χ1n) is 5.64. The van der Waals surface area contributed by atoms with Gasteiger partial charge in [0, 0.05) is 18.0 Å². The molecule has 2 heterocycles. The number of carbonyl (C=O) groups is 1. The molecule has 21 heavy (non-hydrogen) atoms. The van der Waals surface area contributed by atoms with Gasteiger partial charge in [-0.05, 0) is 12.3 Å². The number of aromatic nitrogens is 2. The highest BCUT2D eigenvalue weighted by molar-refractivity contribution is 8.14. The molecule has 1 aliphatic rings. The van der Waals surface area contributed by atoms with Crippen LogP contribution < -0.4 is 15.2 Å². The lowest BCUT2D eigenvalue weighted by Gasteiger charge is -2.20. The molecule has 114 valence electrons. The van der Waals surface area contributed by atoms with E-state index in [1.54, 1.807) is 13.0 Å². The Morgan fingerprint density at radius 3 is 2.86 bits per heavy atom. The SMILES string of the molecule is COc1cc(C)nc(NC(=O)N2C=CSC2S(N)(=O)=O)n1. The van der Waals surface area contributed by atoms with Gasteiger partial charge in [0.05, 0.1) is 7.11 Å². The van der Waals surface area contributed by atoms with Crippen LogP contribution in [0.25, 0.3) is 0 Å². The predicted molar refractivity (Wildman–Crippen MR) is 77.8 cm³/mol. The second kappa shape index (κ2) is 5.87. The number of anilines is 1. The molecule has 11 heteroatoms. The number of primary sulfonamides is 1. The molecule has 0 saturated heterocycles. The van der Waals surface area contributed by atoms with Crippen molar-refractivity contribution in [2.75, 3.05) is 12.4 Å². The number of hydrogen-bond donors (Lipinski definition) is 2. The first-order valence-corrected chi connectivity index (χ1v) is 8.19. The number of nitrogens with one attached hydrogen (secondary N) is 1. The first-order chi connectivity index (χ1) is 9.81. The predicted octanol–water partition coefficient (Wildman–Crippen LogP) is 0.418. The second-order valence-electron chi connectivity index (χ2n) is 4.03. The van der Waals surface area contributed by atoms with Crippen LogP contribution in [-0.4, -0.2) is 41.1 Å². The minimum absolute atomic E-state index is 0.00955. The summed E-state index contributed by atoms with van der Waals surface area (Å²) < 4.78 is 26.6. The van der Waals surface area contributed by atoms with Crippen molar-refractivity contribution in [2.24, 2.45) is 5.14 Å². The fraction of sp³-hybridized carbons (Fsp3) is 0.300. The molecule has 0 aromatic carbocycles. The van der Waals surface area contributed by atoms with E-state index in [0.29, 0.717) is 5.69 Å². The normalized spacial score (nSPS) is 17.9. The van der Waals surface area contributed by atoms with Gasteiger partial charge in [0.1, 0.15) is 0 Å². The highest BCUT2D eigenvalue weighted by Gasteiger charge is 2.34. The van der Waals surface area contributed by atoms with Gasteiger partial charge < -0.3 is 4.74 Å². The lowest BCUT2D eigenvalue weighted by atomic mass is 10.4. The number of rotatable bonds is 3. The maximum absolute atomic E-state index is 12.1. The number of urea groups is 1. The van der Waals surface area contributed by atoms with E-state index in [2.05, 4.69) is 15.3 Å². The van der Waals surface area contributed by atoms with E-state index in [1.807, 2.05) is 0 Å². The van der Waals surface area contributed by atoms with Gasteiger partial charge in [0.15, 0.2) is 0 Å². The van der Waals surface area contributed by atoms with Gasteiger partial charge in [0.25, 0.3) is 0 Å². The molecule has 1 unspecified atom stereocenters. The molecule has 2 amide bonds. The van der Waals surface area contributed by atoms with Crippen molar-refractivity contribution < 1.29 is 17.9 Å². The molecule has 1 aliphatic heterocycles. The van der Waals surface area contributed by atoms with Gasteiger partial charge in [-0.15, -0.1) is 0 Å². The number of methoxy groups -OCH3 is 1. The zero-order valence-corrected chi connectivity index (χ0v) is 12.8. The molecule has 0 aliphatic carbocycles. The van der Waals surface area contributed by atoms with E-state index in [0.717, 1.165) is 16.7 Å². The smallest absolute Gasteiger partial charge is 0.330 e. The van der Waals surface area contributed by atoms with Crippen LogP contribution in [0, 0.1) is 6.92 Å². The third kappa shape index (κ3) is 3.62. The Bertz CT molecular complexity index is 691. The summed E-state index contributed by atoms with van der Waals surface area (Å²) in [6.45, 7) is 1.71. The van der Waals surface area contributed by atoms with Crippen molar-refractivity contribution in [3.8, 4) is 5.88 Å². The highest BCUT2D eigenvalue weighted by Crippen LogP contribution is 2.28. The number of ether oxygens (including phenoxy) is 1. The van der Waals surface area contributed by atoms with Crippen molar-refractivity contribution in [1.82, 2.24) is 14.9 Å². The Balaban J connectivity index is 2.18. The molecule has 0 fully saturated rings. The molecular formula is C10H13N5O4S2. The molecule has 1 aromatic rings. The minimum atomic E-state index is -3.91. The number of nitrogens with two attached hydrogens (primary N) is 1. The number of thioether (sulfide) groups is 1. The molecule has 9 nitrogen and oxygen atoms in total. The van der Waals surface area contributed by atoms with Crippen LogP contribution in [0.15, 0.2) is 17.7 Å². The highest BCUT2D eigenvalue weighted by atomic mass is 32.3. The van der Waals surface area contributed by atoms with Crippen molar-refractivity contribution in [1.29, 1.82) is 0 Å². The number of aryl methyl sites for hydroxylation is 1. The summed E-state index contributed by atoms with van der Waals surface area (Å²) in [5, 5.41) is 8.94. The average Bonchev–Trinajstić information content (AvgIpc) is 2.87. The van der Waals surface area contributed by atoms with Gasteiger partial charge in [-0.25, -0.2) is 23.3 Å². The molecule has 0 radical (unpaired) electrons. The molecule has 2 rings (SSSR count). The fourth-order valence-corrected chi connectivity index (χ4v) is 3.49. The maximum Gasteiger partial charge on any atom is 0.330 e. The minimum Gasteiger partial charge on any atom is -0.481 e. The summed E-state index contributed by atoms with van der Waals surface area (Å²) in [7, 11) is -2.48. The van der Waals surface area contributed by atoms with Crippen LogP contribution in [0.3, 0.4) is 0 Å². The number of sulfonamides is 1. The summed E-state index contributed by atoms with van der Waals surface area (Å²) >= 11 is 0.913. The third-order valence-electron chi connectivity index (χ3n) is 2.42. The molecule has 1 atom stereocenters. The Morgan fingerprint density at radius 2 is 2.24 bits per heavy atom. The zero-order valence-electron chi connectivity index (χ0n) is 11.2. The Hall–Kier alpha value is -1.85. The number of amides is 2. The van der Waals surface area contributed by atoms with Crippen molar-refractivity contribution >= 4 is 33.8 Å². The number of nitrogens with zero attached hydrogens (tertiary/aromatic N) is 3. The quantitative estimate of drug-likeness (QED) is 0.821. The number of hydrogen-bond acceptors (Lipinski definition) is 7. The van der Waals surface area contributed by atoms with Gasteiger partial charge >= 0.3 is 6.03 Å². The first kappa shape index (κ1) is 15.5. The van der Waals surface area contributed by atoms with Gasteiger partial charge in [0.2, 0.25) is 26.6 Å². The summed E-state index contributed by atoms with van der Waals surface area (Å²) in [6.07, 6.45) is 1.32.